The molecule has 2 aromatic carbocycles. The number of aryl methyl sites for hydroxylation is 2. The van der Waals surface area contributed by atoms with E-state index in [-0.39, 0.29) is 11.8 Å². The number of rotatable bonds is 7. The second-order valence-corrected chi connectivity index (χ2v) is 10.5. The molecular formula is C25H20N4O2S3. The van der Waals surface area contributed by atoms with Crippen molar-refractivity contribution in [1.82, 2.24) is 9.97 Å². The first-order valence-electron chi connectivity index (χ1n) is 10.6. The second-order valence-electron chi connectivity index (χ2n) is 7.69. The number of aromatic nitrogens is 2. The SMILES string of the molecule is Cc1ccc2nc(-c3ccc(NC(=O)CCc4csc(NC(=O)c5cccs5)n4)cc3)sc2c1. The highest BCUT2D eigenvalue weighted by molar-refractivity contribution is 7.21. The molecule has 5 rings (SSSR count). The molecule has 2 amide bonds. The molecule has 0 saturated heterocycles. The maximum Gasteiger partial charge on any atom is 0.267 e. The Labute approximate surface area is 208 Å². The molecule has 34 heavy (non-hydrogen) atoms. The van der Waals surface area contributed by atoms with Crippen molar-refractivity contribution in [2.45, 2.75) is 19.8 Å². The van der Waals surface area contributed by atoms with E-state index >= 15 is 0 Å². The van der Waals surface area contributed by atoms with Crippen LogP contribution in [0.2, 0.25) is 0 Å². The fraction of sp³-hybridized carbons (Fsp3) is 0.120. The van der Waals surface area contributed by atoms with Crippen molar-refractivity contribution in [3.05, 3.63) is 81.5 Å². The van der Waals surface area contributed by atoms with E-state index in [1.807, 2.05) is 47.2 Å². The minimum atomic E-state index is -0.168. The summed E-state index contributed by atoms with van der Waals surface area (Å²) in [5.41, 5.74) is 4.77. The van der Waals surface area contributed by atoms with Gasteiger partial charge in [0.05, 0.1) is 20.8 Å². The number of carbonyl (C=O) groups is 2. The van der Waals surface area contributed by atoms with Crippen LogP contribution in [-0.4, -0.2) is 21.8 Å². The molecule has 0 saturated carbocycles. The quantitative estimate of drug-likeness (QED) is 0.261. The van der Waals surface area contributed by atoms with Crippen LogP contribution in [0, 0.1) is 6.92 Å². The summed E-state index contributed by atoms with van der Waals surface area (Å²) in [6, 6.07) is 17.6. The number of benzene rings is 2. The van der Waals surface area contributed by atoms with Crippen LogP contribution in [0.15, 0.2) is 65.4 Å². The van der Waals surface area contributed by atoms with Crippen molar-refractivity contribution in [3.63, 3.8) is 0 Å². The average Bonchev–Trinajstić information content (AvgIpc) is 3.59. The molecule has 0 radical (unpaired) electrons. The zero-order valence-corrected chi connectivity index (χ0v) is 20.7. The summed E-state index contributed by atoms with van der Waals surface area (Å²) in [6.07, 6.45) is 0.807. The third kappa shape index (κ3) is 5.22. The predicted octanol–water partition coefficient (Wildman–Crippen LogP) is 6.61. The van der Waals surface area contributed by atoms with Crippen LogP contribution in [-0.2, 0) is 11.2 Å². The van der Waals surface area contributed by atoms with E-state index in [1.54, 1.807) is 17.4 Å². The molecular weight excluding hydrogens is 485 g/mol. The average molecular weight is 505 g/mol. The third-order valence-corrected chi connectivity index (χ3v) is 7.83. The van der Waals surface area contributed by atoms with E-state index in [0.717, 1.165) is 27.5 Å². The van der Waals surface area contributed by atoms with Crippen molar-refractivity contribution in [2.75, 3.05) is 10.6 Å². The van der Waals surface area contributed by atoms with Gasteiger partial charge in [0.2, 0.25) is 5.91 Å². The van der Waals surface area contributed by atoms with Crippen molar-refractivity contribution >= 4 is 66.9 Å². The highest BCUT2D eigenvalue weighted by Crippen LogP contribution is 2.31. The molecule has 0 spiro atoms. The van der Waals surface area contributed by atoms with Gasteiger partial charge >= 0.3 is 0 Å². The molecule has 0 unspecified atom stereocenters. The standard InChI is InChI=1S/C25H20N4O2S3/c1-15-4-10-19-21(13-15)34-24(28-19)16-5-7-17(8-6-16)26-22(30)11-9-18-14-33-25(27-18)29-23(31)20-3-2-12-32-20/h2-8,10,12-14H,9,11H2,1H3,(H,26,30)(H,27,29,31). The number of nitrogens with one attached hydrogen (secondary N) is 2. The second kappa shape index (κ2) is 9.84. The van der Waals surface area contributed by atoms with E-state index in [2.05, 4.69) is 34.7 Å². The van der Waals surface area contributed by atoms with Crippen LogP contribution < -0.4 is 10.6 Å². The Hall–Kier alpha value is -3.40. The van der Waals surface area contributed by atoms with E-state index in [0.29, 0.717) is 22.9 Å². The maximum atomic E-state index is 12.4. The molecule has 170 valence electrons. The fourth-order valence-corrected chi connectivity index (χ4v) is 5.79. The largest absolute Gasteiger partial charge is 0.326 e. The van der Waals surface area contributed by atoms with E-state index in [4.69, 9.17) is 4.98 Å². The van der Waals surface area contributed by atoms with Crippen molar-refractivity contribution in [3.8, 4) is 10.6 Å². The molecule has 0 aliphatic heterocycles. The summed E-state index contributed by atoms with van der Waals surface area (Å²) in [5, 5.41) is 11.0. The lowest BCUT2D eigenvalue weighted by Crippen LogP contribution is -2.12. The lowest BCUT2D eigenvalue weighted by atomic mass is 10.2. The van der Waals surface area contributed by atoms with E-state index in [9.17, 15) is 9.59 Å². The van der Waals surface area contributed by atoms with Crippen LogP contribution in [0.3, 0.4) is 0 Å². The number of carbonyl (C=O) groups excluding carboxylic acids is 2. The molecule has 0 aliphatic rings. The van der Waals surface area contributed by atoms with Crippen molar-refractivity contribution < 1.29 is 9.59 Å². The Morgan fingerprint density at radius 1 is 0.971 bits per heavy atom. The zero-order valence-electron chi connectivity index (χ0n) is 18.2. The molecule has 3 heterocycles. The van der Waals surface area contributed by atoms with Crippen LogP contribution >= 0.6 is 34.0 Å². The number of fused-ring (bicyclic) bond motifs is 1. The predicted molar refractivity (Wildman–Crippen MR) is 141 cm³/mol. The summed E-state index contributed by atoms with van der Waals surface area (Å²) in [6.45, 7) is 2.08. The molecule has 0 aliphatic carbocycles. The molecule has 0 fully saturated rings. The Balaban J connectivity index is 1.14. The van der Waals surface area contributed by atoms with Gasteiger partial charge in [0.25, 0.3) is 5.91 Å². The molecule has 6 nitrogen and oxygen atoms in total. The maximum absolute atomic E-state index is 12.4. The molecule has 5 aromatic rings. The summed E-state index contributed by atoms with van der Waals surface area (Å²) >= 11 is 4.40. The van der Waals surface area contributed by atoms with Gasteiger partial charge in [-0.3, -0.25) is 14.9 Å². The monoisotopic (exact) mass is 504 g/mol. The van der Waals surface area contributed by atoms with Crippen LogP contribution in [0.4, 0.5) is 10.8 Å². The summed E-state index contributed by atoms with van der Waals surface area (Å²) in [5.74, 6) is -0.251. The number of anilines is 2. The highest BCUT2D eigenvalue weighted by Gasteiger charge is 2.12. The topological polar surface area (TPSA) is 84.0 Å². The zero-order chi connectivity index (χ0) is 23.5. The van der Waals surface area contributed by atoms with Crippen molar-refractivity contribution in [1.29, 1.82) is 0 Å². The molecule has 2 N–H and O–H groups in total. The van der Waals surface area contributed by atoms with Gasteiger partial charge in [-0.25, -0.2) is 9.97 Å². The van der Waals surface area contributed by atoms with Crippen LogP contribution in [0.1, 0.15) is 27.3 Å². The van der Waals surface area contributed by atoms with Gasteiger partial charge in [-0.2, -0.15) is 0 Å². The lowest BCUT2D eigenvalue weighted by Gasteiger charge is -2.05. The first-order valence-corrected chi connectivity index (χ1v) is 13.2. The van der Waals surface area contributed by atoms with E-state index < -0.39 is 0 Å². The number of nitrogens with zero attached hydrogens (tertiary/aromatic N) is 2. The fourth-order valence-electron chi connectivity index (χ4n) is 3.36. The summed E-state index contributed by atoms with van der Waals surface area (Å²) < 4.78 is 1.17. The molecule has 3 aromatic heterocycles. The van der Waals surface area contributed by atoms with Gasteiger partial charge < -0.3 is 5.32 Å². The van der Waals surface area contributed by atoms with Gasteiger partial charge in [-0.15, -0.1) is 34.0 Å². The summed E-state index contributed by atoms with van der Waals surface area (Å²) in [7, 11) is 0. The first-order chi connectivity index (χ1) is 16.5. The first kappa shape index (κ1) is 22.4. The third-order valence-electron chi connectivity index (χ3n) is 5.08. The van der Waals surface area contributed by atoms with E-state index in [1.165, 1.54) is 32.9 Å². The van der Waals surface area contributed by atoms with Crippen LogP contribution in [0.5, 0.6) is 0 Å². The minimum Gasteiger partial charge on any atom is -0.326 e. The Morgan fingerprint density at radius 2 is 1.82 bits per heavy atom. The van der Waals surface area contributed by atoms with Gasteiger partial charge in [-0.05, 0) is 66.8 Å². The number of thiophene rings is 1. The van der Waals surface area contributed by atoms with Gasteiger partial charge in [-0.1, -0.05) is 12.1 Å². The lowest BCUT2D eigenvalue weighted by molar-refractivity contribution is -0.116. The Bertz CT molecular complexity index is 1450. The van der Waals surface area contributed by atoms with Crippen LogP contribution in [0.25, 0.3) is 20.8 Å². The van der Waals surface area contributed by atoms with Gasteiger partial charge in [0, 0.05) is 23.1 Å². The molecule has 0 bridgehead atoms. The number of hydrogen-bond acceptors (Lipinski definition) is 7. The smallest absolute Gasteiger partial charge is 0.267 e. The number of thiazole rings is 2. The Kier molecular flexibility index (Phi) is 6.48. The number of amides is 2. The molecule has 0 atom stereocenters. The molecule has 9 heteroatoms. The summed E-state index contributed by atoms with van der Waals surface area (Å²) in [4.78, 5) is 34.3. The van der Waals surface area contributed by atoms with Crippen molar-refractivity contribution in [2.24, 2.45) is 0 Å². The Morgan fingerprint density at radius 3 is 2.62 bits per heavy atom. The normalized spacial score (nSPS) is 11.0. The minimum absolute atomic E-state index is 0.0830. The van der Waals surface area contributed by atoms with Gasteiger partial charge in [0.15, 0.2) is 5.13 Å². The highest BCUT2D eigenvalue weighted by atomic mass is 32.1. The number of hydrogen-bond donors (Lipinski definition) is 2. The van der Waals surface area contributed by atoms with Gasteiger partial charge in [0.1, 0.15) is 5.01 Å².